The quantitative estimate of drug-likeness (QED) is 0.562. The predicted molar refractivity (Wildman–Crippen MR) is 77.5 cm³/mol. The van der Waals surface area contributed by atoms with E-state index in [-0.39, 0.29) is 0 Å². The molecule has 0 aromatic heterocycles. The fraction of sp³-hybridized carbons (Fsp3) is 0.538. The lowest BCUT2D eigenvalue weighted by Gasteiger charge is -2.04. The Labute approximate surface area is 108 Å². The van der Waals surface area contributed by atoms with Crippen molar-refractivity contribution in [3.63, 3.8) is 0 Å². The van der Waals surface area contributed by atoms with Crippen LogP contribution in [0.4, 0.5) is 0 Å². The Balaban J connectivity index is 2.27. The van der Waals surface area contributed by atoms with Gasteiger partial charge in [0.1, 0.15) is 0 Å². The monoisotopic (exact) mass is 255 g/mol. The van der Waals surface area contributed by atoms with Crippen LogP contribution in [0.1, 0.15) is 18.9 Å². The molecule has 1 nitrogen and oxygen atoms in total. The summed E-state index contributed by atoms with van der Waals surface area (Å²) >= 11 is 3.89. The normalized spacial score (nSPS) is 10.6. The van der Waals surface area contributed by atoms with Crippen LogP contribution in [0.5, 0.6) is 0 Å². The average Bonchev–Trinajstić information content (AvgIpc) is 2.33. The standard InChI is InChI=1S/C13H21NS2/c1-3-14-11-12-5-7-13(8-6-12)16-10-4-9-15-2/h5-8,14H,3-4,9-11H2,1-2H3. The second-order valence-corrected chi connectivity index (χ2v) is 5.77. The molecule has 16 heavy (non-hydrogen) atoms. The van der Waals surface area contributed by atoms with Crippen LogP contribution in [-0.2, 0) is 6.54 Å². The molecule has 0 bridgehead atoms. The molecule has 0 aliphatic carbocycles. The van der Waals surface area contributed by atoms with E-state index < -0.39 is 0 Å². The molecule has 90 valence electrons. The fourth-order valence-electron chi connectivity index (χ4n) is 1.37. The minimum Gasteiger partial charge on any atom is -0.313 e. The van der Waals surface area contributed by atoms with Crippen LogP contribution in [0.3, 0.4) is 0 Å². The van der Waals surface area contributed by atoms with Gasteiger partial charge in [-0.15, -0.1) is 11.8 Å². The molecule has 0 heterocycles. The summed E-state index contributed by atoms with van der Waals surface area (Å²) in [4.78, 5) is 1.39. The van der Waals surface area contributed by atoms with Crippen molar-refractivity contribution in [2.75, 3.05) is 24.3 Å². The highest BCUT2D eigenvalue weighted by Gasteiger charge is 1.95. The first kappa shape index (κ1) is 13.9. The maximum absolute atomic E-state index is 3.33. The Bertz CT molecular complexity index is 272. The van der Waals surface area contributed by atoms with E-state index in [1.165, 1.54) is 28.4 Å². The third-order valence-electron chi connectivity index (χ3n) is 2.26. The highest BCUT2D eigenvalue weighted by atomic mass is 32.2. The predicted octanol–water partition coefficient (Wildman–Crippen LogP) is 3.64. The van der Waals surface area contributed by atoms with E-state index in [1.807, 2.05) is 23.5 Å². The molecule has 0 fully saturated rings. The highest BCUT2D eigenvalue weighted by molar-refractivity contribution is 7.99. The van der Waals surface area contributed by atoms with E-state index in [0.717, 1.165) is 13.1 Å². The van der Waals surface area contributed by atoms with Gasteiger partial charge in [0.25, 0.3) is 0 Å². The van der Waals surface area contributed by atoms with E-state index in [2.05, 4.69) is 42.8 Å². The maximum Gasteiger partial charge on any atom is 0.0205 e. The number of benzene rings is 1. The zero-order valence-corrected chi connectivity index (χ0v) is 11.8. The van der Waals surface area contributed by atoms with Crippen molar-refractivity contribution in [3.8, 4) is 0 Å². The van der Waals surface area contributed by atoms with Gasteiger partial charge in [-0.3, -0.25) is 0 Å². The third kappa shape index (κ3) is 5.83. The Morgan fingerprint density at radius 3 is 2.50 bits per heavy atom. The molecule has 0 aliphatic rings. The summed E-state index contributed by atoms with van der Waals surface area (Å²) in [6, 6.07) is 8.91. The zero-order chi connectivity index (χ0) is 11.6. The molecule has 0 saturated carbocycles. The second kappa shape index (κ2) is 8.97. The molecule has 0 amide bonds. The van der Waals surface area contributed by atoms with Gasteiger partial charge >= 0.3 is 0 Å². The van der Waals surface area contributed by atoms with E-state index in [4.69, 9.17) is 0 Å². The molecule has 0 atom stereocenters. The Kier molecular flexibility index (Phi) is 7.81. The van der Waals surface area contributed by atoms with Gasteiger partial charge in [-0.25, -0.2) is 0 Å². The smallest absolute Gasteiger partial charge is 0.0205 e. The third-order valence-corrected chi connectivity index (χ3v) is 4.06. The molecule has 1 N–H and O–H groups in total. The summed E-state index contributed by atoms with van der Waals surface area (Å²) in [5, 5.41) is 3.33. The molecule has 0 aliphatic heterocycles. The molecule has 0 unspecified atom stereocenters. The van der Waals surface area contributed by atoms with Gasteiger partial charge < -0.3 is 5.32 Å². The first-order chi connectivity index (χ1) is 7.86. The first-order valence-electron chi connectivity index (χ1n) is 5.78. The Morgan fingerprint density at radius 2 is 1.88 bits per heavy atom. The molecule has 1 rings (SSSR count). The SMILES string of the molecule is CCNCc1ccc(SCCCSC)cc1. The summed E-state index contributed by atoms with van der Waals surface area (Å²) in [5.74, 6) is 2.50. The van der Waals surface area contributed by atoms with Crippen LogP contribution in [-0.4, -0.2) is 24.3 Å². The van der Waals surface area contributed by atoms with E-state index in [0.29, 0.717) is 0 Å². The minimum absolute atomic E-state index is 0.980. The first-order valence-corrected chi connectivity index (χ1v) is 8.16. The Hall–Kier alpha value is -0.120. The lowest BCUT2D eigenvalue weighted by Crippen LogP contribution is -2.11. The van der Waals surface area contributed by atoms with Crippen molar-refractivity contribution in [1.29, 1.82) is 0 Å². The number of thioether (sulfide) groups is 2. The summed E-state index contributed by atoms with van der Waals surface area (Å²) < 4.78 is 0. The van der Waals surface area contributed by atoms with Crippen molar-refractivity contribution >= 4 is 23.5 Å². The van der Waals surface area contributed by atoms with Gasteiger partial charge in [0, 0.05) is 11.4 Å². The molecule has 1 aromatic rings. The topological polar surface area (TPSA) is 12.0 Å². The second-order valence-electron chi connectivity index (χ2n) is 3.62. The molecular weight excluding hydrogens is 234 g/mol. The van der Waals surface area contributed by atoms with Crippen LogP contribution in [0.2, 0.25) is 0 Å². The van der Waals surface area contributed by atoms with Gasteiger partial charge in [0.15, 0.2) is 0 Å². The molecule has 0 saturated heterocycles. The Morgan fingerprint density at radius 1 is 1.12 bits per heavy atom. The average molecular weight is 255 g/mol. The lowest BCUT2D eigenvalue weighted by molar-refractivity contribution is 0.726. The van der Waals surface area contributed by atoms with Gasteiger partial charge in [0.05, 0.1) is 0 Å². The molecule has 3 heteroatoms. The van der Waals surface area contributed by atoms with Crippen LogP contribution >= 0.6 is 23.5 Å². The van der Waals surface area contributed by atoms with Crippen molar-refractivity contribution in [1.82, 2.24) is 5.32 Å². The van der Waals surface area contributed by atoms with Gasteiger partial charge in [-0.05, 0) is 48.4 Å². The molecule has 1 aromatic carbocycles. The molecule has 0 spiro atoms. The fourth-order valence-corrected chi connectivity index (χ4v) is 2.83. The summed E-state index contributed by atoms with van der Waals surface area (Å²) in [5.41, 5.74) is 1.37. The van der Waals surface area contributed by atoms with Gasteiger partial charge in [-0.2, -0.15) is 11.8 Å². The van der Waals surface area contributed by atoms with Crippen LogP contribution in [0.25, 0.3) is 0 Å². The summed E-state index contributed by atoms with van der Waals surface area (Å²) in [6.45, 7) is 4.15. The van der Waals surface area contributed by atoms with Crippen molar-refractivity contribution in [3.05, 3.63) is 29.8 Å². The number of rotatable bonds is 8. The van der Waals surface area contributed by atoms with E-state index in [9.17, 15) is 0 Å². The molecule has 0 radical (unpaired) electrons. The summed E-state index contributed by atoms with van der Waals surface area (Å²) in [7, 11) is 0. The number of nitrogens with one attached hydrogen (secondary N) is 1. The summed E-state index contributed by atoms with van der Waals surface area (Å²) in [6.07, 6.45) is 3.46. The van der Waals surface area contributed by atoms with E-state index in [1.54, 1.807) is 0 Å². The van der Waals surface area contributed by atoms with Crippen molar-refractivity contribution in [2.24, 2.45) is 0 Å². The highest BCUT2D eigenvalue weighted by Crippen LogP contribution is 2.19. The maximum atomic E-state index is 3.33. The van der Waals surface area contributed by atoms with Gasteiger partial charge in [0.2, 0.25) is 0 Å². The lowest BCUT2D eigenvalue weighted by atomic mass is 10.2. The number of hydrogen-bond acceptors (Lipinski definition) is 3. The number of hydrogen-bond donors (Lipinski definition) is 1. The van der Waals surface area contributed by atoms with Crippen molar-refractivity contribution in [2.45, 2.75) is 24.8 Å². The molecular formula is C13H21NS2. The van der Waals surface area contributed by atoms with Crippen LogP contribution < -0.4 is 5.32 Å². The van der Waals surface area contributed by atoms with Gasteiger partial charge in [-0.1, -0.05) is 19.1 Å². The van der Waals surface area contributed by atoms with Crippen LogP contribution in [0.15, 0.2) is 29.2 Å². The zero-order valence-electron chi connectivity index (χ0n) is 10.2. The van der Waals surface area contributed by atoms with Crippen molar-refractivity contribution < 1.29 is 0 Å². The minimum atomic E-state index is 0.980. The van der Waals surface area contributed by atoms with Crippen LogP contribution in [0, 0.1) is 0 Å². The van der Waals surface area contributed by atoms with E-state index >= 15 is 0 Å². The largest absolute Gasteiger partial charge is 0.313 e.